The van der Waals surface area contributed by atoms with Gasteiger partial charge in [0, 0.05) is 24.8 Å². The molecule has 0 bridgehead atoms. The molecule has 3 rings (SSSR count). The largest absolute Gasteiger partial charge is 0.480 e. The summed E-state index contributed by atoms with van der Waals surface area (Å²) in [5.74, 6) is -0.836. The number of rotatable bonds is 8. The van der Waals surface area contributed by atoms with Crippen LogP contribution >= 0.6 is 12.4 Å². The number of nitrogens with one attached hydrogen (secondary N) is 1. The summed E-state index contributed by atoms with van der Waals surface area (Å²) in [6.07, 6.45) is 1.70. The molecule has 1 fully saturated rings. The molecule has 30 heavy (non-hydrogen) atoms. The van der Waals surface area contributed by atoms with Crippen LogP contribution in [-0.4, -0.2) is 59.0 Å². The van der Waals surface area contributed by atoms with Gasteiger partial charge < -0.3 is 10.4 Å². The van der Waals surface area contributed by atoms with Crippen LogP contribution in [0, 0.1) is 0 Å². The Bertz CT molecular complexity index is 796. The van der Waals surface area contributed by atoms with Crippen LogP contribution in [0.25, 0.3) is 0 Å². The zero-order chi connectivity index (χ0) is 20.6. The molecule has 7 heteroatoms. The van der Waals surface area contributed by atoms with E-state index >= 15 is 0 Å². The number of aliphatic carboxylic acids is 1. The first-order valence-electron chi connectivity index (χ1n) is 10.2. The van der Waals surface area contributed by atoms with Crippen LogP contribution in [-0.2, 0) is 9.59 Å². The van der Waals surface area contributed by atoms with Crippen LogP contribution < -0.4 is 5.32 Å². The van der Waals surface area contributed by atoms with Crippen molar-refractivity contribution in [3.8, 4) is 0 Å². The molecule has 6 nitrogen and oxygen atoms in total. The molecule has 1 amide bonds. The Morgan fingerprint density at radius 3 is 2.17 bits per heavy atom. The molecule has 1 atom stereocenters. The SMILES string of the molecule is CCN(CC(=O)O)C1CCN(C(C(=O)Nc2ccccc2)c2ccccc2)CC1.Cl. The van der Waals surface area contributed by atoms with E-state index in [4.69, 9.17) is 5.11 Å². The number of carbonyl (C=O) groups is 2. The highest BCUT2D eigenvalue weighted by Gasteiger charge is 2.33. The number of carboxylic acid groups (broad SMARTS) is 1. The summed E-state index contributed by atoms with van der Waals surface area (Å²) >= 11 is 0. The minimum absolute atomic E-state index is 0. The predicted octanol–water partition coefficient (Wildman–Crippen LogP) is 3.66. The van der Waals surface area contributed by atoms with Crippen LogP contribution in [0.5, 0.6) is 0 Å². The second kappa shape index (κ2) is 11.7. The number of amides is 1. The number of likely N-dealkylation sites (N-methyl/N-ethyl adjacent to an activating group) is 1. The van der Waals surface area contributed by atoms with Crippen molar-refractivity contribution in [3.05, 3.63) is 66.2 Å². The standard InChI is InChI=1S/C23H29N3O3.ClH/c1-2-25(17-21(27)28)20-13-15-26(16-14-20)22(18-9-5-3-6-10-18)23(29)24-19-11-7-4-8-12-19;/h3-12,20,22H,2,13-17H2,1H3,(H,24,29)(H,27,28);1H. The Morgan fingerprint density at radius 1 is 1.07 bits per heavy atom. The molecule has 1 aliphatic heterocycles. The Morgan fingerprint density at radius 2 is 1.63 bits per heavy atom. The quantitative estimate of drug-likeness (QED) is 0.667. The lowest BCUT2D eigenvalue weighted by atomic mass is 9.97. The Labute approximate surface area is 184 Å². The molecule has 1 saturated heterocycles. The van der Waals surface area contributed by atoms with Gasteiger partial charge in [-0.3, -0.25) is 19.4 Å². The van der Waals surface area contributed by atoms with E-state index in [1.807, 2.05) is 72.5 Å². The fourth-order valence-corrected chi connectivity index (χ4v) is 4.08. The van der Waals surface area contributed by atoms with Crippen LogP contribution in [0.4, 0.5) is 5.69 Å². The summed E-state index contributed by atoms with van der Waals surface area (Å²) in [5.41, 5.74) is 1.75. The van der Waals surface area contributed by atoms with Gasteiger partial charge >= 0.3 is 5.97 Å². The molecule has 0 aliphatic carbocycles. The maximum atomic E-state index is 13.2. The van der Waals surface area contributed by atoms with Gasteiger partial charge in [-0.1, -0.05) is 55.5 Å². The lowest BCUT2D eigenvalue weighted by Gasteiger charge is -2.40. The highest BCUT2D eigenvalue weighted by molar-refractivity contribution is 5.95. The molecule has 0 saturated carbocycles. The van der Waals surface area contributed by atoms with Gasteiger partial charge in [-0.15, -0.1) is 12.4 Å². The summed E-state index contributed by atoms with van der Waals surface area (Å²) in [6.45, 7) is 4.28. The van der Waals surface area contributed by atoms with Gasteiger partial charge in [0.05, 0.1) is 6.54 Å². The van der Waals surface area contributed by atoms with Crippen LogP contribution in [0.1, 0.15) is 31.4 Å². The van der Waals surface area contributed by atoms with Gasteiger partial charge in [0.25, 0.3) is 0 Å². The maximum Gasteiger partial charge on any atom is 0.317 e. The van der Waals surface area contributed by atoms with Crippen molar-refractivity contribution >= 4 is 30.0 Å². The summed E-state index contributed by atoms with van der Waals surface area (Å²) in [7, 11) is 0. The third-order valence-electron chi connectivity index (χ3n) is 5.53. The summed E-state index contributed by atoms with van der Waals surface area (Å²) in [6, 6.07) is 19.2. The molecule has 0 spiro atoms. The minimum Gasteiger partial charge on any atom is -0.480 e. The average Bonchev–Trinajstić information content (AvgIpc) is 2.74. The molecule has 0 radical (unpaired) electrons. The van der Waals surface area contributed by atoms with Gasteiger partial charge in [0.15, 0.2) is 0 Å². The molecular formula is C23H30ClN3O3. The number of halogens is 1. The minimum atomic E-state index is -0.793. The van der Waals surface area contributed by atoms with Crippen molar-refractivity contribution in [3.63, 3.8) is 0 Å². The number of carbonyl (C=O) groups excluding carboxylic acids is 1. The molecule has 0 aromatic heterocycles. The molecule has 1 aliphatic rings. The van der Waals surface area contributed by atoms with Gasteiger partial charge in [-0.05, 0) is 37.1 Å². The van der Waals surface area contributed by atoms with Crippen LogP contribution in [0.3, 0.4) is 0 Å². The predicted molar refractivity (Wildman–Crippen MR) is 121 cm³/mol. The van der Waals surface area contributed by atoms with Crippen molar-refractivity contribution in [2.24, 2.45) is 0 Å². The number of carboxylic acids is 1. The van der Waals surface area contributed by atoms with Gasteiger partial charge in [0.2, 0.25) is 5.91 Å². The van der Waals surface area contributed by atoms with E-state index in [9.17, 15) is 9.59 Å². The van der Waals surface area contributed by atoms with Crippen LogP contribution in [0.2, 0.25) is 0 Å². The lowest BCUT2D eigenvalue weighted by Crippen LogP contribution is -2.49. The van der Waals surface area contributed by atoms with E-state index in [2.05, 4.69) is 10.2 Å². The van der Waals surface area contributed by atoms with Gasteiger partial charge in [-0.2, -0.15) is 0 Å². The summed E-state index contributed by atoms with van der Waals surface area (Å²) in [4.78, 5) is 28.5. The van der Waals surface area contributed by atoms with Crippen molar-refractivity contribution in [1.29, 1.82) is 0 Å². The third-order valence-corrected chi connectivity index (χ3v) is 5.53. The highest BCUT2D eigenvalue weighted by Crippen LogP contribution is 2.28. The number of benzene rings is 2. The van der Waals surface area contributed by atoms with E-state index in [1.54, 1.807) is 0 Å². The van der Waals surface area contributed by atoms with E-state index in [0.29, 0.717) is 6.54 Å². The van der Waals surface area contributed by atoms with Gasteiger partial charge in [-0.25, -0.2) is 0 Å². The normalized spacial score (nSPS) is 15.9. The summed E-state index contributed by atoms with van der Waals surface area (Å²) < 4.78 is 0. The van der Waals surface area contributed by atoms with Crippen molar-refractivity contribution in [1.82, 2.24) is 9.80 Å². The molecular weight excluding hydrogens is 402 g/mol. The second-order valence-corrected chi connectivity index (χ2v) is 7.39. The van der Waals surface area contributed by atoms with E-state index in [-0.39, 0.29) is 36.9 Å². The van der Waals surface area contributed by atoms with Gasteiger partial charge in [0.1, 0.15) is 6.04 Å². The first-order chi connectivity index (χ1) is 14.1. The average molecular weight is 432 g/mol. The van der Waals surface area contributed by atoms with Crippen molar-refractivity contribution < 1.29 is 14.7 Å². The molecule has 1 heterocycles. The van der Waals surface area contributed by atoms with E-state index in [1.165, 1.54) is 0 Å². The lowest BCUT2D eigenvalue weighted by molar-refractivity contribution is -0.139. The third kappa shape index (κ3) is 6.29. The van der Waals surface area contributed by atoms with Crippen molar-refractivity contribution in [2.75, 3.05) is 31.5 Å². The number of nitrogens with zero attached hydrogens (tertiary/aromatic N) is 2. The zero-order valence-electron chi connectivity index (χ0n) is 17.2. The Kier molecular flexibility index (Phi) is 9.30. The zero-order valence-corrected chi connectivity index (χ0v) is 18.1. The van der Waals surface area contributed by atoms with E-state index in [0.717, 1.165) is 37.2 Å². The number of hydrogen-bond donors (Lipinski definition) is 2. The number of anilines is 1. The molecule has 2 aromatic rings. The number of piperidine rings is 1. The molecule has 162 valence electrons. The van der Waals surface area contributed by atoms with E-state index < -0.39 is 5.97 Å². The second-order valence-electron chi connectivity index (χ2n) is 7.39. The first-order valence-corrected chi connectivity index (χ1v) is 10.2. The molecule has 2 aromatic carbocycles. The fraction of sp³-hybridized carbons (Fsp3) is 0.391. The first kappa shape index (κ1) is 23.9. The highest BCUT2D eigenvalue weighted by atomic mass is 35.5. The van der Waals surface area contributed by atoms with Crippen LogP contribution in [0.15, 0.2) is 60.7 Å². The van der Waals surface area contributed by atoms with Crippen molar-refractivity contribution in [2.45, 2.75) is 31.8 Å². The topological polar surface area (TPSA) is 72.9 Å². The molecule has 2 N–H and O–H groups in total. The smallest absolute Gasteiger partial charge is 0.317 e. The summed E-state index contributed by atoms with van der Waals surface area (Å²) in [5, 5.41) is 12.2. The Balaban J connectivity index is 0.00000320. The fourth-order valence-electron chi connectivity index (χ4n) is 4.08. The monoisotopic (exact) mass is 431 g/mol. The maximum absolute atomic E-state index is 13.2. The Hall–Kier alpha value is -2.41. The number of para-hydroxylation sites is 1. The number of hydrogen-bond acceptors (Lipinski definition) is 4. The number of likely N-dealkylation sites (tertiary alicyclic amines) is 1. The molecule has 1 unspecified atom stereocenters.